The Morgan fingerprint density at radius 3 is 2.81 bits per heavy atom. The molecule has 92 valence electrons. The summed E-state index contributed by atoms with van der Waals surface area (Å²) in [6, 6.07) is 0. The number of hydrogen-bond acceptors (Lipinski definition) is 3. The first-order valence-corrected chi connectivity index (χ1v) is 6.97. The zero-order valence-electron chi connectivity index (χ0n) is 10.3. The van der Waals surface area contributed by atoms with E-state index in [1.807, 2.05) is 0 Å². The fraction of sp³-hybridized carbons (Fsp3) is 0.923. The van der Waals surface area contributed by atoms with Gasteiger partial charge in [0.25, 0.3) is 0 Å². The minimum Gasteiger partial charge on any atom is -0.356 e. The van der Waals surface area contributed by atoms with E-state index < -0.39 is 0 Å². The minimum atomic E-state index is 0.984. The summed E-state index contributed by atoms with van der Waals surface area (Å²) in [4.78, 5) is 4.40. The van der Waals surface area contributed by atoms with Crippen LogP contribution in [0.1, 0.15) is 51.4 Å². The molecule has 0 spiro atoms. The Labute approximate surface area is 99.1 Å². The van der Waals surface area contributed by atoms with Gasteiger partial charge in [0.1, 0.15) is 0 Å². The van der Waals surface area contributed by atoms with E-state index in [9.17, 15) is 0 Å². The van der Waals surface area contributed by atoms with Crippen molar-refractivity contribution < 1.29 is 0 Å². The standard InChI is InChI=1S/C13H25N3/c1-2-7-12(6-1)8-3-4-9-14-13-15-10-5-11-16-13/h12H,1-11H2,(H2,14,15,16). The number of rotatable bonds is 5. The Bertz CT molecular complexity index is 219. The van der Waals surface area contributed by atoms with Gasteiger partial charge in [-0.15, -0.1) is 0 Å². The van der Waals surface area contributed by atoms with Crippen molar-refractivity contribution >= 4 is 5.96 Å². The predicted molar refractivity (Wildman–Crippen MR) is 68.7 cm³/mol. The molecule has 1 saturated carbocycles. The molecule has 0 radical (unpaired) electrons. The van der Waals surface area contributed by atoms with Crippen LogP contribution in [0.3, 0.4) is 0 Å². The molecule has 0 atom stereocenters. The van der Waals surface area contributed by atoms with E-state index in [1.165, 1.54) is 51.4 Å². The third-order valence-corrected chi connectivity index (χ3v) is 3.70. The molecular weight excluding hydrogens is 198 g/mol. The van der Waals surface area contributed by atoms with E-state index in [2.05, 4.69) is 15.6 Å². The number of aliphatic imine (C=N–C) groups is 1. The van der Waals surface area contributed by atoms with E-state index in [-0.39, 0.29) is 0 Å². The summed E-state index contributed by atoms with van der Waals surface area (Å²) < 4.78 is 0. The highest BCUT2D eigenvalue weighted by molar-refractivity contribution is 5.80. The zero-order valence-corrected chi connectivity index (χ0v) is 10.3. The van der Waals surface area contributed by atoms with Crippen LogP contribution in [-0.2, 0) is 0 Å². The predicted octanol–water partition coefficient (Wildman–Crippen LogP) is 2.29. The Morgan fingerprint density at radius 2 is 2.06 bits per heavy atom. The lowest BCUT2D eigenvalue weighted by atomic mass is 10.0. The van der Waals surface area contributed by atoms with Gasteiger partial charge in [-0.3, -0.25) is 4.99 Å². The third-order valence-electron chi connectivity index (χ3n) is 3.70. The molecule has 3 heteroatoms. The Kier molecular flexibility index (Phi) is 4.97. The van der Waals surface area contributed by atoms with Crippen LogP contribution >= 0.6 is 0 Å². The van der Waals surface area contributed by atoms with Crippen molar-refractivity contribution in [3.8, 4) is 0 Å². The Hall–Kier alpha value is -0.730. The van der Waals surface area contributed by atoms with Crippen LogP contribution in [-0.4, -0.2) is 25.6 Å². The molecule has 0 saturated heterocycles. The van der Waals surface area contributed by atoms with Gasteiger partial charge in [0.05, 0.1) is 0 Å². The molecule has 2 aliphatic rings. The van der Waals surface area contributed by atoms with E-state index in [1.54, 1.807) is 0 Å². The number of unbranched alkanes of at least 4 members (excludes halogenated alkanes) is 1. The molecule has 2 N–H and O–H groups in total. The summed E-state index contributed by atoms with van der Waals surface area (Å²) >= 11 is 0. The van der Waals surface area contributed by atoms with E-state index in [0.29, 0.717) is 0 Å². The second kappa shape index (κ2) is 6.77. The van der Waals surface area contributed by atoms with Crippen molar-refractivity contribution in [2.45, 2.75) is 51.4 Å². The van der Waals surface area contributed by atoms with Gasteiger partial charge in [-0.2, -0.15) is 0 Å². The summed E-state index contributed by atoms with van der Waals surface area (Å²) in [6.45, 7) is 3.14. The summed E-state index contributed by atoms with van der Waals surface area (Å²) in [6.07, 6.45) is 11.2. The van der Waals surface area contributed by atoms with Gasteiger partial charge in [0.15, 0.2) is 5.96 Å². The fourth-order valence-electron chi connectivity index (χ4n) is 2.71. The van der Waals surface area contributed by atoms with E-state index in [4.69, 9.17) is 0 Å². The summed E-state index contributed by atoms with van der Waals surface area (Å²) in [7, 11) is 0. The van der Waals surface area contributed by atoms with Gasteiger partial charge in [-0.25, -0.2) is 0 Å². The third kappa shape index (κ3) is 4.03. The van der Waals surface area contributed by atoms with Gasteiger partial charge in [0.2, 0.25) is 0 Å². The van der Waals surface area contributed by atoms with Gasteiger partial charge < -0.3 is 10.6 Å². The maximum absolute atomic E-state index is 4.40. The average molecular weight is 223 g/mol. The lowest BCUT2D eigenvalue weighted by Crippen LogP contribution is -2.41. The van der Waals surface area contributed by atoms with Crippen LogP contribution in [0.25, 0.3) is 0 Å². The minimum absolute atomic E-state index is 0.984. The number of hydrogen-bond donors (Lipinski definition) is 2. The highest BCUT2D eigenvalue weighted by Gasteiger charge is 2.13. The van der Waals surface area contributed by atoms with Crippen LogP contribution in [0.4, 0.5) is 0 Å². The van der Waals surface area contributed by atoms with Crippen LogP contribution in [0.2, 0.25) is 0 Å². The summed E-state index contributed by atoms with van der Waals surface area (Å²) in [5.41, 5.74) is 0. The molecule has 0 aromatic carbocycles. The van der Waals surface area contributed by atoms with Gasteiger partial charge >= 0.3 is 0 Å². The molecule has 0 aromatic rings. The largest absolute Gasteiger partial charge is 0.356 e. The van der Waals surface area contributed by atoms with E-state index in [0.717, 1.165) is 31.5 Å². The molecule has 2 rings (SSSR count). The molecule has 0 amide bonds. The first-order chi connectivity index (χ1) is 7.95. The number of nitrogens with zero attached hydrogens (tertiary/aromatic N) is 1. The van der Waals surface area contributed by atoms with Crippen molar-refractivity contribution in [1.82, 2.24) is 10.6 Å². The maximum Gasteiger partial charge on any atom is 0.191 e. The smallest absolute Gasteiger partial charge is 0.191 e. The van der Waals surface area contributed by atoms with Gasteiger partial charge in [-0.05, 0) is 18.8 Å². The van der Waals surface area contributed by atoms with Crippen molar-refractivity contribution in [2.24, 2.45) is 10.9 Å². The molecule has 0 aromatic heterocycles. The first-order valence-electron chi connectivity index (χ1n) is 6.97. The van der Waals surface area contributed by atoms with Crippen molar-refractivity contribution in [3.63, 3.8) is 0 Å². The quantitative estimate of drug-likeness (QED) is 0.702. The summed E-state index contributed by atoms with van der Waals surface area (Å²) in [5, 5.41) is 6.68. The lowest BCUT2D eigenvalue weighted by molar-refractivity contribution is 0.472. The maximum atomic E-state index is 4.40. The second-order valence-corrected chi connectivity index (χ2v) is 5.08. The topological polar surface area (TPSA) is 36.4 Å². The summed E-state index contributed by atoms with van der Waals surface area (Å²) in [5.74, 6) is 2.07. The SMILES string of the molecule is C(CCC1CCCC1)CNC1=NCCCN1. The van der Waals surface area contributed by atoms with Crippen molar-refractivity contribution in [1.29, 1.82) is 0 Å². The second-order valence-electron chi connectivity index (χ2n) is 5.08. The molecule has 1 fully saturated rings. The van der Waals surface area contributed by atoms with Crippen molar-refractivity contribution in [2.75, 3.05) is 19.6 Å². The number of guanidine groups is 1. The van der Waals surface area contributed by atoms with Crippen LogP contribution in [0, 0.1) is 5.92 Å². The highest BCUT2D eigenvalue weighted by atomic mass is 15.2. The molecule has 1 aliphatic carbocycles. The van der Waals surface area contributed by atoms with Gasteiger partial charge in [-0.1, -0.05) is 38.5 Å². The highest BCUT2D eigenvalue weighted by Crippen LogP contribution is 2.28. The molecule has 1 aliphatic heterocycles. The van der Waals surface area contributed by atoms with Crippen LogP contribution < -0.4 is 10.6 Å². The molecule has 0 bridgehead atoms. The number of nitrogens with one attached hydrogen (secondary N) is 2. The monoisotopic (exact) mass is 223 g/mol. The van der Waals surface area contributed by atoms with Crippen LogP contribution in [0.15, 0.2) is 4.99 Å². The normalized spacial score (nSPS) is 21.6. The zero-order chi connectivity index (χ0) is 11.1. The lowest BCUT2D eigenvalue weighted by Gasteiger charge is -2.16. The molecule has 16 heavy (non-hydrogen) atoms. The van der Waals surface area contributed by atoms with Crippen LogP contribution in [0.5, 0.6) is 0 Å². The Morgan fingerprint density at radius 1 is 1.19 bits per heavy atom. The van der Waals surface area contributed by atoms with E-state index >= 15 is 0 Å². The first kappa shape index (κ1) is 11.7. The molecule has 1 heterocycles. The fourth-order valence-corrected chi connectivity index (χ4v) is 2.71. The van der Waals surface area contributed by atoms with Crippen molar-refractivity contribution in [3.05, 3.63) is 0 Å². The molecule has 0 unspecified atom stereocenters. The molecule has 3 nitrogen and oxygen atoms in total. The molecular formula is C13H25N3. The van der Waals surface area contributed by atoms with Gasteiger partial charge in [0, 0.05) is 19.6 Å². The average Bonchev–Trinajstić information content (AvgIpc) is 2.83. The Balaban J connectivity index is 1.46.